The zero-order chi connectivity index (χ0) is 20.1. The molecule has 0 spiro atoms. The molecule has 5 nitrogen and oxygen atoms in total. The number of halogens is 1. The van der Waals surface area contributed by atoms with Gasteiger partial charge < -0.3 is 9.47 Å². The van der Waals surface area contributed by atoms with Crippen LogP contribution in [0.3, 0.4) is 0 Å². The molecule has 1 fully saturated rings. The summed E-state index contributed by atoms with van der Waals surface area (Å²) >= 11 is 5.95. The van der Waals surface area contributed by atoms with E-state index in [1.807, 2.05) is 12.1 Å². The van der Waals surface area contributed by atoms with Gasteiger partial charge in [0.05, 0.1) is 24.6 Å². The SMILES string of the molecule is CCOC(=O)CC1=C(Cc2ccc(Cl)cc2)C(=O)O/C1=N\C1CCC(C)CC1. The maximum Gasteiger partial charge on any atom is 0.341 e. The average molecular weight is 404 g/mol. The van der Waals surface area contributed by atoms with E-state index in [-0.39, 0.29) is 18.4 Å². The summed E-state index contributed by atoms with van der Waals surface area (Å²) in [6.07, 6.45) is 4.53. The van der Waals surface area contributed by atoms with E-state index in [1.165, 1.54) is 0 Å². The molecule has 1 aliphatic heterocycles. The second kappa shape index (κ2) is 9.37. The largest absolute Gasteiger partial charge is 0.466 e. The number of ether oxygens (including phenoxy) is 2. The van der Waals surface area contributed by atoms with Crippen molar-refractivity contribution in [1.29, 1.82) is 0 Å². The Hall–Kier alpha value is -2.14. The van der Waals surface area contributed by atoms with Crippen molar-refractivity contribution in [3.8, 4) is 0 Å². The van der Waals surface area contributed by atoms with Crippen LogP contribution in [0.4, 0.5) is 0 Å². The zero-order valence-corrected chi connectivity index (χ0v) is 17.1. The van der Waals surface area contributed by atoms with Crippen LogP contribution < -0.4 is 0 Å². The third-order valence-corrected chi connectivity index (χ3v) is 5.52. The summed E-state index contributed by atoms with van der Waals surface area (Å²) in [5, 5.41) is 0.632. The van der Waals surface area contributed by atoms with Crippen molar-refractivity contribution in [2.45, 2.75) is 58.4 Å². The Kier molecular flexibility index (Phi) is 6.89. The Morgan fingerprint density at radius 2 is 1.86 bits per heavy atom. The topological polar surface area (TPSA) is 65.0 Å². The molecule has 28 heavy (non-hydrogen) atoms. The third kappa shape index (κ3) is 5.22. The molecule has 1 saturated carbocycles. The van der Waals surface area contributed by atoms with Crippen LogP contribution in [-0.4, -0.2) is 30.5 Å². The van der Waals surface area contributed by atoms with Gasteiger partial charge in [-0.25, -0.2) is 9.79 Å². The number of carbonyl (C=O) groups is 2. The van der Waals surface area contributed by atoms with Crippen molar-refractivity contribution in [2.24, 2.45) is 10.9 Å². The van der Waals surface area contributed by atoms with Gasteiger partial charge in [-0.1, -0.05) is 30.7 Å². The van der Waals surface area contributed by atoms with Crippen LogP contribution in [0.1, 0.15) is 51.5 Å². The molecule has 0 aromatic heterocycles. The number of nitrogens with zero attached hydrogens (tertiary/aromatic N) is 1. The maximum atomic E-state index is 12.6. The molecule has 0 amide bonds. The summed E-state index contributed by atoms with van der Waals surface area (Å²) in [7, 11) is 0. The van der Waals surface area contributed by atoms with E-state index < -0.39 is 5.97 Å². The zero-order valence-electron chi connectivity index (χ0n) is 16.4. The van der Waals surface area contributed by atoms with E-state index in [2.05, 4.69) is 6.92 Å². The number of hydrogen-bond acceptors (Lipinski definition) is 5. The van der Waals surface area contributed by atoms with Crippen molar-refractivity contribution in [1.82, 2.24) is 0 Å². The molecule has 0 N–H and O–H groups in total. The smallest absolute Gasteiger partial charge is 0.341 e. The molecule has 0 atom stereocenters. The van der Waals surface area contributed by atoms with Gasteiger partial charge in [0.15, 0.2) is 0 Å². The molecule has 1 aromatic carbocycles. The van der Waals surface area contributed by atoms with Crippen LogP contribution >= 0.6 is 11.6 Å². The second-order valence-electron chi connectivity index (χ2n) is 7.48. The van der Waals surface area contributed by atoms with Gasteiger partial charge in [-0.05, 0) is 56.2 Å². The minimum absolute atomic E-state index is 0.00947. The standard InChI is InChI=1S/C22H26ClNO4/c1-3-27-20(25)13-18-19(12-15-6-8-16(23)9-7-15)22(26)28-21(18)24-17-10-4-14(2)5-11-17/h6-9,14,17H,3-5,10-13H2,1-2H3/b24-21-. The van der Waals surface area contributed by atoms with Crippen LogP contribution in [0.5, 0.6) is 0 Å². The molecule has 1 aliphatic carbocycles. The van der Waals surface area contributed by atoms with Gasteiger partial charge in [0.1, 0.15) is 0 Å². The molecule has 0 saturated heterocycles. The van der Waals surface area contributed by atoms with Crippen molar-refractivity contribution in [3.05, 3.63) is 46.0 Å². The molecule has 1 heterocycles. The number of hydrogen-bond donors (Lipinski definition) is 0. The van der Waals surface area contributed by atoms with Crippen molar-refractivity contribution < 1.29 is 19.1 Å². The van der Waals surface area contributed by atoms with E-state index in [9.17, 15) is 9.59 Å². The normalized spacial score (nSPS) is 23.8. The highest BCUT2D eigenvalue weighted by atomic mass is 35.5. The fraction of sp³-hybridized carbons (Fsp3) is 0.500. The molecule has 2 aliphatic rings. The summed E-state index contributed by atoms with van der Waals surface area (Å²) in [6, 6.07) is 7.41. The maximum absolute atomic E-state index is 12.6. The van der Waals surface area contributed by atoms with Gasteiger partial charge in [0, 0.05) is 17.0 Å². The molecule has 1 aromatic rings. The highest BCUT2D eigenvalue weighted by molar-refractivity contribution is 6.30. The summed E-state index contributed by atoms with van der Waals surface area (Å²) in [5.41, 5.74) is 1.95. The lowest BCUT2D eigenvalue weighted by atomic mass is 9.87. The lowest BCUT2D eigenvalue weighted by Gasteiger charge is -2.23. The first kappa shape index (κ1) is 20.6. The predicted octanol–water partition coefficient (Wildman–Crippen LogP) is 4.67. The Morgan fingerprint density at radius 3 is 2.50 bits per heavy atom. The minimum Gasteiger partial charge on any atom is -0.466 e. The van der Waals surface area contributed by atoms with Gasteiger partial charge in [-0.3, -0.25) is 4.79 Å². The van der Waals surface area contributed by atoms with E-state index in [1.54, 1.807) is 19.1 Å². The summed E-state index contributed by atoms with van der Waals surface area (Å²) < 4.78 is 10.6. The molecular weight excluding hydrogens is 378 g/mol. The van der Waals surface area contributed by atoms with E-state index >= 15 is 0 Å². The van der Waals surface area contributed by atoms with Crippen LogP contribution in [0.25, 0.3) is 0 Å². The second-order valence-corrected chi connectivity index (χ2v) is 7.92. The van der Waals surface area contributed by atoms with Crippen LogP contribution in [0, 0.1) is 5.92 Å². The van der Waals surface area contributed by atoms with Gasteiger partial charge in [-0.2, -0.15) is 0 Å². The summed E-state index contributed by atoms with van der Waals surface area (Å²) in [6.45, 7) is 4.30. The lowest BCUT2D eigenvalue weighted by Crippen LogP contribution is -2.19. The Bertz CT molecular complexity index is 789. The number of aliphatic imine (C=N–C) groups is 1. The van der Waals surface area contributed by atoms with Crippen LogP contribution in [0.2, 0.25) is 5.02 Å². The highest BCUT2D eigenvalue weighted by Gasteiger charge is 2.33. The van der Waals surface area contributed by atoms with Gasteiger partial charge in [0.25, 0.3) is 0 Å². The van der Waals surface area contributed by atoms with Crippen LogP contribution in [0.15, 0.2) is 40.4 Å². The number of cyclic esters (lactones) is 1. The van der Waals surface area contributed by atoms with Crippen molar-refractivity contribution in [3.63, 3.8) is 0 Å². The number of rotatable bonds is 6. The Balaban J connectivity index is 1.88. The van der Waals surface area contributed by atoms with Gasteiger partial charge in [-0.15, -0.1) is 0 Å². The van der Waals surface area contributed by atoms with Crippen molar-refractivity contribution in [2.75, 3.05) is 6.61 Å². The average Bonchev–Trinajstić information content (AvgIpc) is 2.94. The fourth-order valence-electron chi connectivity index (χ4n) is 3.63. The number of carbonyl (C=O) groups excluding carboxylic acids is 2. The fourth-order valence-corrected chi connectivity index (χ4v) is 3.75. The molecule has 150 valence electrons. The quantitative estimate of drug-likeness (QED) is 0.647. The Morgan fingerprint density at radius 1 is 1.18 bits per heavy atom. The molecular formula is C22H26ClNO4. The van der Waals surface area contributed by atoms with Crippen molar-refractivity contribution >= 4 is 29.4 Å². The van der Waals surface area contributed by atoms with E-state index in [0.717, 1.165) is 31.2 Å². The first-order chi connectivity index (χ1) is 13.5. The lowest BCUT2D eigenvalue weighted by molar-refractivity contribution is -0.142. The highest BCUT2D eigenvalue weighted by Crippen LogP contribution is 2.30. The number of esters is 2. The van der Waals surface area contributed by atoms with E-state index in [4.69, 9.17) is 26.1 Å². The molecule has 0 unspecified atom stereocenters. The van der Waals surface area contributed by atoms with Crippen LogP contribution in [-0.2, 0) is 25.5 Å². The molecule has 0 radical (unpaired) electrons. The summed E-state index contributed by atoms with van der Waals surface area (Å²) in [4.78, 5) is 29.4. The first-order valence-electron chi connectivity index (χ1n) is 9.88. The molecule has 0 bridgehead atoms. The summed E-state index contributed by atoms with van der Waals surface area (Å²) in [5.74, 6) is 0.186. The van der Waals surface area contributed by atoms with Gasteiger partial charge in [0.2, 0.25) is 5.90 Å². The monoisotopic (exact) mass is 403 g/mol. The predicted molar refractivity (Wildman–Crippen MR) is 108 cm³/mol. The van der Waals surface area contributed by atoms with Gasteiger partial charge >= 0.3 is 11.9 Å². The third-order valence-electron chi connectivity index (χ3n) is 5.26. The first-order valence-corrected chi connectivity index (χ1v) is 10.3. The Labute approximate surface area is 170 Å². The minimum atomic E-state index is -0.433. The molecule has 3 rings (SSSR count). The van der Waals surface area contributed by atoms with E-state index in [0.29, 0.717) is 41.0 Å². The number of benzene rings is 1. The molecule has 6 heteroatoms.